The summed E-state index contributed by atoms with van der Waals surface area (Å²) in [5, 5.41) is 14.9. The van der Waals surface area contributed by atoms with E-state index in [9.17, 15) is 14.7 Å². The van der Waals surface area contributed by atoms with Gasteiger partial charge in [0, 0.05) is 43.2 Å². The van der Waals surface area contributed by atoms with E-state index in [1.54, 1.807) is 20.4 Å². The van der Waals surface area contributed by atoms with E-state index >= 15 is 0 Å². The lowest BCUT2D eigenvalue weighted by atomic mass is 9.80. The van der Waals surface area contributed by atoms with Gasteiger partial charge in [0.2, 0.25) is 5.91 Å². The second-order valence-corrected chi connectivity index (χ2v) is 12.8. The van der Waals surface area contributed by atoms with Crippen LogP contribution in [0.4, 0.5) is 5.69 Å². The topological polar surface area (TPSA) is 126 Å². The van der Waals surface area contributed by atoms with Crippen LogP contribution in [0.3, 0.4) is 0 Å². The molecule has 52 heavy (non-hydrogen) atoms. The number of anilines is 1. The summed E-state index contributed by atoms with van der Waals surface area (Å²) >= 11 is 0. The highest BCUT2D eigenvalue weighted by molar-refractivity contribution is 5.90. The molecule has 1 saturated heterocycles. The summed E-state index contributed by atoms with van der Waals surface area (Å²) in [7, 11) is 5.09. The average Bonchev–Trinajstić information content (AvgIpc) is 3.70. The Balaban J connectivity index is 1.20. The first kappa shape index (κ1) is 34.7. The van der Waals surface area contributed by atoms with Gasteiger partial charge in [0.05, 0.1) is 32.6 Å². The first-order chi connectivity index (χ1) is 25.2. The van der Waals surface area contributed by atoms with Crippen LogP contribution in [0.1, 0.15) is 36.3 Å². The average molecular weight is 701 g/mol. The molecule has 3 heterocycles. The number of hydrogen-bond donors (Lipinski definition) is 2. The second-order valence-electron chi connectivity index (χ2n) is 12.8. The number of rotatable bonds is 11. The van der Waals surface area contributed by atoms with Gasteiger partial charge in [0.25, 0.3) is 0 Å². The summed E-state index contributed by atoms with van der Waals surface area (Å²) in [6.45, 7) is 1.47. The molecule has 11 nitrogen and oxygen atoms in total. The maximum Gasteiger partial charge on any atom is 0.351 e. The van der Waals surface area contributed by atoms with E-state index in [4.69, 9.17) is 18.9 Å². The largest absolute Gasteiger partial charge is 0.497 e. The number of amides is 1. The summed E-state index contributed by atoms with van der Waals surface area (Å²) < 4.78 is 27.6. The van der Waals surface area contributed by atoms with Gasteiger partial charge in [0.15, 0.2) is 0 Å². The Hall–Kier alpha value is -5.75. The predicted molar refractivity (Wildman–Crippen MR) is 198 cm³/mol. The fourth-order valence-corrected chi connectivity index (χ4v) is 6.96. The highest BCUT2D eigenvalue weighted by Gasteiger charge is 2.42. The van der Waals surface area contributed by atoms with E-state index in [0.29, 0.717) is 22.8 Å². The van der Waals surface area contributed by atoms with E-state index in [-0.39, 0.29) is 18.9 Å². The van der Waals surface area contributed by atoms with E-state index in [0.717, 1.165) is 33.3 Å². The first-order valence-electron chi connectivity index (χ1n) is 17.0. The number of aliphatic hydroxyl groups is 1. The van der Waals surface area contributed by atoms with Crippen molar-refractivity contribution in [3.05, 3.63) is 143 Å². The van der Waals surface area contributed by atoms with E-state index < -0.39 is 29.7 Å². The van der Waals surface area contributed by atoms with Crippen molar-refractivity contribution in [1.82, 2.24) is 14.1 Å². The Bertz CT molecular complexity index is 2200. The molecule has 1 aliphatic rings. The molecule has 6 aromatic rings. The number of nitrogens with one attached hydrogen (secondary N) is 1. The number of nitrogens with zero attached hydrogens (tertiary/aromatic N) is 3. The van der Waals surface area contributed by atoms with Gasteiger partial charge in [0.1, 0.15) is 35.1 Å². The van der Waals surface area contributed by atoms with Crippen molar-refractivity contribution in [3.8, 4) is 22.8 Å². The maximum atomic E-state index is 13.5. The lowest BCUT2D eigenvalue weighted by Gasteiger charge is -2.37. The molecule has 0 bridgehead atoms. The molecule has 266 valence electrons. The van der Waals surface area contributed by atoms with Crippen molar-refractivity contribution in [2.45, 2.75) is 37.4 Å². The van der Waals surface area contributed by atoms with Gasteiger partial charge in [-0.1, -0.05) is 66.7 Å². The number of aryl methyl sites for hydroxylation is 1. The van der Waals surface area contributed by atoms with Crippen LogP contribution < -0.4 is 20.5 Å². The highest BCUT2D eigenvalue weighted by atomic mass is 16.6. The van der Waals surface area contributed by atoms with Gasteiger partial charge >= 0.3 is 5.69 Å². The molecule has 0 saturated carbocycles. The van der Waals surface area contributed by atoms with Crippen LogP contribution in [0.15, 0.2) is 120 Å². The fourth-order valence-electron chi connectivity index (χ4n) is 6.96. The number of aliphatic hydroxyl groups excluding tert-OH is 1. The fraction of sp³-hybridized carbons (Fsp3) is 0.244. The first-order valence-corrected chi connectivity index (χ1v) is 17.0. The lowest BCUT2D eigenvalue weighted by Crippen LogP contribution is -2.38. The van der Waals surface area contributed by atoms with Crippen molar-refractivity contribution in [1.29, 1.82) is 0 Å². The molecule has 7 rings (SSSR count). The van der Waals surface area contributed by atoms with Crippen LogP contribution in [-0.4, -0.2) is 58.2 Å². The Kier molecular flexibility index (Phi) is 9.65. The number of benzene rings is 4. The standard InChI is InChI=1S/C41H40N4O7/c1-26(46)42-32-12-8-9-27(21-32)35-22-28-24-45(40(48)43-39(28)44(35)2)38-23-36(47)37(52-38)25-51-41(29-10-6-5-7-11-29,30-13-17-33(49-3)18-14-30)31-15-19-34(50-4)20-16-31/h5-22,24,36-38,47H,23,25H2,1-4H3,(H,42,46)/t36-,37+,38+/m0/s1. The molecule has 0 aliphatic carbocycles. The van der Waals surface area contributed by atoms with Gasteiger partial charge in [-0.15, -0.1) is 0 Å². The van der Waals surface area contributed by atoms with E-state index in [2.05, 4.69) is 10.3 Å². The number of fused-ring (bicyclic) bond motifs is 1. The molecule has 0 spiro atoms. The molecule has 11 heteroatoms. The summed E-state index contributed by atoms with van der Waals surface area (Å²) in [6, 6.07) is 34.7. The Morgan fingerprint density at radius 3 is 2.15 bits per heavy atom. The molecule has 4 aromatic carbocycles. The number of ether oxygens (including phenoxy) is 4. The monoisotopic (exact) mass is 700 g/mol. The smallest absolute Gasteiger partial charge is 0.351 e. The third-order valence-electron chi connectivity index (χ3n) is 9.56. The van der Waals surface area contributed by atoms with Crippen molar-refractivity contribution >= 4 is 22.6 Å². The minimum atomic E-state index is -1.10. The molecule has 0 unspecified atom stereocenters. The van der Waals surface area contributed by atoms with E-state index in [1.165, 1.54) is 11.5 Å². The summed E-state index contributed by atoms with van der Waals surface area (Å²) in [5.74, 6) is 1.25. The quantitative estimate of drug-likeness (QED) is 0.157. The van der Waals surface area contributed by atoms with Crippen molar-refractivity contribution in [2.75, 3.05) is 26.1 Å². The van der Waals surface area contributed by atoms with Crippen LogP contribution in [-0.2, 0) is 26.9 Å². The van der Waals surface area contributed by atoms with Gasteiger partial charge in [-0.3, -0.25) is 9.36 Å². The predicted octanol–water partition coefficient (Wildman–Crippen LogP) is 6.03. The Morgan fingerprint density at radius 1 is 0.904 bits per heavy atom. The number of hydrogen-bond acceptors (Lipinski definition) is 8. The zero-order valence-electron chi connectivity index (χ0n) is 29.4. The summed E-state index contributed by atoms with van der Waals surface area (Å²) in [4.78, 5) is 29.5. The minimum Gasteiger partial charge on any atom is -0.497 e. The molecule has 1 fully saturated rings. The van der Waals surface area contributed by atoms with Crippen molar-refractivity contribution in [2.24, 2.45) is 7.05 Å². The SMILES string of the molecule is COc1ccc(C(OC[C@H]2O[C@@H](n3cc4cc(-c5cccc(NC(C)=O)c5)n(C)c4nc3=O)C[C@@H]2O)(c2ccccc2)c2ccc(OC)cc2)cc1. The zero-order chi connectivity index (χ0) is 36.4. The minimum absolute atomic E-state index is 0.00909. The van der Waals surface area contributed by atoms with Crippen LogP contribution in [0, 0.1) is 0 Å². The molecular formula is C41H40N4O7. The number of aromatic nitrogens is 3. The molecule has 1 amide bonds. The van der Waals surface area contributed by atoms with E-state index in [1.807, 2.05) is 121 Å². The van der Waals surface area contributed by atoms with Crippen LogP contribution >= 0.6 is 0 Å². The zero-order valence-corrected chi connectivity index (χ0v) is 29.4. The highest BCUT2D eigenvalue weighted by Crippen LogP contribution is 2.43. The van der Waals surface area contributed by atoms with Gasteiger partial charge in [-0.2, -0.15) is 4.98 Å². The number of carbonyl (C=O) groups excluding carboxylic acids is 1. The van der Waals surface area contributed by atoms with Gasteiger partial charge in [-0.05, 0) is 59.2 Å². The Labute approximate surface area is 301 Å². The molecule has 1 aliphatic heterocycles. The third-order valence-corrected chi connectivity index (χ3v) is 9.56. The number of methoxy groups -OCH3 is 2. The third kappa shape index (κ3) is 6.57. The van der Waals surface area contributed by atoms with Gasteiger partial charge in [-0.25, -0.2) is 4.79 Å². The van der Waals surface area contributed by atoms with Crippen LogP contribution in [0.2, 0.25) is 0 Å². The maximum absolute atomic E-state index is 13.5. The number of carbonyl (C=O) groups is 1. The summed E-state index contributed by atoms with van der Waals surface area (Å²) in [5.41, 5.74) is 3.82. The second kappa shape index (κ2) is 14.5. The molecule has 2 aromatic heterocycles. The molecule has 2 N–H and O–H groups in total. The lowest BCUT2D eigenvalue weighted by molar-refractivity contribution is -0.114. The van der Waals surface area contributed by atoms with Crippen LogP contribution in [0.5, 0.6) is 11.5 Å². The van der Waals surface area contributed by atoms with Crippen molar-refractivity contribution in [3.63, 3.8) is 0 Å². The summed E-state index contributed by atoms with van der Waals surface area (Å²) in [6.07, 6.45) is -0.558. The van der Waals surface area contributed by atoms with Crippen molar-refractivity contribution < 1.29 is 28.8 Å². The van der Waals surface area contributed by atoms with Crippen LogP contribution in [0.25, 0.3) is 22.3 Å². The van der Waals surface area contributed by atoms with Gasteiger partial charge < -0.3 is 33.9 Å². The molecule has 3 atom stereocenters. The Morgan fingerprint density at radius 2 is 1.54 bits per heavy atom. The molecular weight excluding hydrogens is 660 g/mol. The molecule has 0 radical (unpaired) electrons. The normalized spacial score (nSPS) is 17.3.